The lowest BCUT2D eigenvalue weighted by Crippen LogP contribution is -2.32. The van der Waals surface area contributed by atoms with Gasteiger partial charge in [0.25, 0.3) is 5.91 Å². The van der Waals surface area contributed by atoms with Gasteiger partial charge in [0, 0.05) is 5.02 Å². The lowest BCUT2D eigenvalue weighted by molar-refractivity contribution is -0.147. The van der Waals surface area contributed by atoms with E-state index >= 15 is 0 Å². The van der Waals surface area contributed by atoms with Gasteiger partial charge in [0.2, 0.25) is 0 Å². The minimum Gasteiger partial charge on any atom is -0.463 e. The number of ether oxygens (including phenoxy) is 1. The molecule has 2 aromatic rings. The normalized spacial score (nSPS) is 11.9. The summed E-state index contributed by atoms with van der Waals surface area (Å²) in [4.78, 5) is 24.6. The molecular formula is C19H18Cl2FNO3. The molecule has 0 saturated heterocycles. The maximum Gasteiger partial charge on any atom is 0.308 e. The zero-order valence-electron chi connectivity index (χ0n) is 14.3. The molecule has 7 heteroatoms. The third kappa shape index (κ3) is 5.19. The van der Waals surface area contributed by atoms with Gasteiger partial charge in [0.1, 0.15) is 5.82 Å². The molecule has 0 aliphatic rings. The van der Waals surface area contributed by atoms with Crippen LogP contribution in [0.15, 0.2) is 42.5 Å². The highest BCUT2D eigenvalue weighted by molar-refractivity contribution is 6.34. The van der Waals surface area contributed by atoms with Crippen molar-refractivity contribution in [2.75, 3.05) is 0 Å². The maximum atomic E-state index is 14.0. The second-order valence-corrected chi connectivity index (χ2v) is 6.70. The lowest BCUT2D eigenvalue weighted by Gasteiger charge is -2.21. The van der Waals surface area contributed by atoms with Crippen molar-refractivity contribution in [3.05, 3.63) is 69.5 Å². The lowest BCUT2D eigenvalue weighted by atomic mass is 10.0. The fraction of sp³-hybridized carbons (Fsp3) is 0.263. The molecule has 2 rings (SSSR count). The summed E-state index contributed by atoms with van der Waals surface area (Å²) in [5.74, 6) is -2.00. The van der Waals surface area contributed by atoms with Gasteiger partial charge in [-0.05, 0) is 37.6 Å². The average Bonchev–Trinajstić information content (AvgIpc) is 2.53. The highest BCUT2D eigenvalue weighted by Gasteiger charge is 2.25. The molecule has 0 unspecified atom stereocenters. The minimum atomic E-state index is -0.793. The van der Waals surface area contributed by atoms with Crippen LogP contribution in [0, 0.1) is 5.82 Å². The molecule has 0 saturated carbocycles. The van der Waals surface area contributed by atoms with Crippen LogP contribution in [0.3, 0.4) is 0 Å². The number of hydrogen-bond donors (Lipinski definition) is 1. The van der Waals surface area contributed by atoms with Crippen molar-refractivity contribution in [2.24, 2.45) is 0 Å². The number of carbonyl (C=O) groups is 2. The molecule has 26 heavy (non-hydrogen) atoms. The maximum absolute atomic E-state index is 14.0. The number of hydrogen-bond acceptors (Lipinski definition) is 3. The Bertz CT molecular complexity index is 791. The molecule has 1 atom stereocenters. The number of benzene rings is 2. The molecule has 0 spiro atoms. The second kappa shape index (κ2) is 9.01. The fourth-order valence-electron chi connectivity index (χ4n) is 2.42. The fourth-order valence-corrected chi connectivity index (χ4v) is 2.94. The molecule has 0 fully saturated rings. The van der Waals surface area contributed by atoms with Gasteiger partial charge in [-0.2, -0.15) is 0 Å². The van der Waals surface area contributed by atoms with Crippen molar-refractivity contribution in [2.45, 2.75) is 32.4 Å². The average molecular weight is 398 g/mol. The van der Waals surface area contributed by atoms with E-state index in [1.165, 1.54) is 12.1 Å². The Hall–Kier alpha value is -2.11. The molecule has 1 N–H and O–H groups in total. The Labute approximate surface area is 161 Å². The van der Waals surface area contributed by atoms with E-state index < -0.39 is 23.7 Å². The standard InChI is InChI=1S/C19H18Cl2FNO3/c1-11(2)26-17(24)10-16(12-6-3-4-7-13(12)20)23-19(25)18-14(21)8-5-9-15(18)22/h3-9,11,16H,10H2,1-2H3,(H,23,25)/t16-/m1/s1. The van der Waals surface area contributed by atoms with Crippen molar-refractivity contribution < 1.29 is 18.7 Å². The van der Waals surface area contributed by atoms with E-state index in [1.54, 1.807) is 38.1 Å². The third-order valence-electron chi connectivity index (χ3n) is 3.51. The van der Waals surface area contributed by atoms with E-state index in [0.717, 1.165) is 6.07 Å². The van der Waals surface area contributed by atoms with E-state index in [1.807, 2.05) is 0 Å². The van der Waals surface area contributed by atoms with Gasteiger partial charge >= 0.3 is 5.97 Å². The van der Waals surface area contributed by atoms with Gasteiger partial charge in [0.05, 0.1) is 29.2 Å². The zero-order valence-corrected chi connectivity index (χ0v) is 15.8. The van der Waals surface area contributed by atoms with Gasteiger partial charge in [0.15, 0.2) is 0 Å². The van der Waals surface area contributed by atoms with Crippen LogP contribution < -0.4 is 5.32 Å². The molecule has 2 aromatic carbocycles. The molecule has 0 bridgehead atoms. The van der Waals surface area contributed by atoms with Crippen LogP contribution in [0.5, 0.6) is 0 Å². The molecular weight excluding hydrogens is 380 g/mol. The largest absolute Gasteiger partial charge is 0.463 e. The molecule has 138 valence electrons. The number of carbonyl (C=O) groups excluding carboxylic acids is 2. The first kappa shape index (κ1) is 20.2. The highest BCUT2D eigenvalue weighted by Crippen LogP contribution is 2.27. The summed E-state index contributed by atoms with van der Waals surface area (Å²) >= 11 is 12.1. The van der Waals surface area contributed by atoms with Crippen LogP contribution in [-0.2, 0) is 9.53 Å². The Kier molecular flexibility index (Phi) is 7.00. The summed E-state index contributed by atoms with van der Waals surface area (Å²) in [7, 11) is 0. The summed E-state index contributed by atoms with van der Waals surface area (Å²) < 4.78 is 19.1. The molecule has 0 aromatic heterocycles. The zero-order chi connectivity index (χ0) is 19.3. The van der Waals surface area contributed by atoms with Gasteiger partial charge < -0.3 is 10.1 Å². The Morgan fingerprint density at radius 1 is 1.08 bits per heavy atom. The summed E-state index contributed by atoms with van der Waals surface area (Å²) in [5, 5.41) is 2.97. The van der Waals surface area contributed by atoms with Crippen LogP contribution in [0.1, 0.15) is 42.2 Å². The monoisotopic (exact) mass is 397 g/mol. The first-order chi connectivity index (χ1) is 12.3. The Morgan fingerprint density at radius 2 is 1.73 bits per heavy atom. The van der Waals surface area contributed by atoms with E-state index in [4.69, 9.17) is 27.9 Å². The summed E-state index contributed by atoms with van der Waals surface area (Å²) in [5.41, 5.74) is 0.235. The van der Waals surface area contributed by atoms with E-state index in [0.29, 0.717) is 10.6 Å². The van der Waals surface area contributed by atoms with Gasteiger partial charge in [-0.25, -0.2) is 4.39 Å². The molecule has 0 heterocycles. The van der Waals surface area contributed by atoms with E-state index in [-0.39, 0.29) is 23.1 Å². The Balaban J connectivity index is 2.31. The quantitative estimate of drug-likeness (QED) is 0.701. The SMILES string of the molecule is CC(C)OC(=O)C[C@@H](NC(=O)c1c(F)cccc1Cl)c1ccccc1Cl. The molecule has 0 radical (unpaired) electrons. The predicted octanol–water partition coefficient (Wildman–Crippen LogP) is 4.95. The first-order valence-electron chi connectivity index (χ1n) is 7.98. The molecule has 4 nitrogen and oxygen atoms in total. The van der Waals surface area contributed by atoms with Crippen molar-refractivity contribution in [3.63, 3.8) is 0 Å². The first-order valence-corrected chi connectivity index (χ1v) is 8.74. The smallest absolute Gasteiger partial charge is 0.308 e. The van der Waals surface area contributed by atoms with Crippen LogP contribution in [-0.4, -0.2) is 18.0 Å². The molecule has 1 amide bonds. The highest BCUT2D eigenvalue weighted by atomic mass is 35.5. The summed E-state index contributed by atoms with van der Waals surface area (Å²) in [6.07, 6.45) is -0.453. The Morgan fingerprint density at radius 3 is 2.35 bits per heavy atom. The summed E-state index contributed by atoms with van der Waals surface area (Å²) in [6, 6.07) is 9.93. The van der Waals surface area contributed by atoms with Crippen molar-refractivity contribution in [3.8, 4) is 0 Å². The topological polar surface area (TPSA) is 55.4 Å². The number of esters is 1. The van der Waals surface area contributed by atoms with Crippen LogP contribution in [0.4, 0.5) is 4.39 Å². The number of nitrogens with one attached hydrogen (secondary N) is 1. The van der Waals surface area contributed by atoms with Crippen molar-refractivity contribution in [1.82, 2.24) is 5.32 Å². The van der Waals surface area contributed by atoms with Gasteiger partial charge in [-0.1, -0.05) is 47.5 Å². The van der Waals surface area contributed by atoms with Crippen molar-refractivity contribution >= 4 is 35.1 Å². The minimum absolute atomic E-state index is 0.0230. The summed E-state index contributed by atoms with van der Waals surface area (Å²) in [6.45, 7) is 3.44. The molecule has 0 aliphatic heterocycles. The van der Waals surface area contributed by atoms with Crippen LogP contribution in [0.2, 0.25) is 10.0 Å². The number of halogens is 3. The van der Waals surface area contributed by atoms with E-state index in [2.05, 4.69) is 5.32 Å². The van der Waals surface area contributed by atoms with Gasteiger partial charge in [-0.3, -0.25) is 9.59 Å². The third-order valence-corrected chi connectivity index (χ3v) is 4.17. The second-order valence-electron chi connectivity index (χ2n) is 5.89. The number of rotatable bonds is 6. The predicted molar refractivity (Wildman–Crippen MR) is 98.9 cm³/mol. The van der Waals surface area contributed by atoms with Gasteiger partial charge in [-0.15, -0.1) is 0 Å². The number of amides is 1. The van der Waals surface area contributed by atoms with Crippen molar-refractivity contribution in [1.29, 1.82) is 0 Å². The molecule has 0 aliphatic carbocycles. The van der Waals surface area contributed by atoms with E-state index in [9.17, 15) is 14.0 Å². The van der Waals surface area contributed by atoms with Crippen LogP contribution >= 0.6 is 23.2 Å². The van der Waals surface area contributed by atoms with Crippen LogP contribution in [0.25, 0.3) is 0 Å².